The molecule has 0 saturated heterocycles. The van der Waals surface area contributed by atoms with Gasteiger partial charge in [-0.25, -0.2) is 4.39 Å². The van der Waals surface area contributed by atoms with Crippen LogP contribution in [-0.4, -0.2) is 5.11 Å². The molecule has 4 nitrogen and oxygen atoms in total. The van der Waals surface area contributed by atoms with E-state index >= 15 is 0 Å². The highest BCUT2D eigenvalue weighted by atomic mass is 19.1. The molecule has 0 spiro atoms. The number of halogens is 1. The van der Waals surface area contributed by atoms with E-state index in [-0.39, 0.29) is 23.9 Å². The van der Waals surface area contributed by atoms with Crippen molar-refractivity contribution in [3.63, 3.8) is 0 Å². The lowest BCUT2D eigenvalue weighted by molar-refractivity contribution is 0.275. The zero-order valence-corrected chi connectivity index (χ0v) is 10.8. The number of benzene rings is 2. The number of fused-ring (bicyclic) bond motifs is 1. The Bertz CT molecular complexity index is 848. The Morgan fingerprint density at radius 3 is 2.81 bits per heavy atom. The summed E-state index contributed by atoms with van der Waals surface area (Å²) in [5, 5.41) is 19.1. The third kappa shape index (κ3) is 2.33. The van der Waals surface area contributed by atoms with Gasteiger partial charge in [0, 0.05) is 5.56 Å². The van der Waals surface area contributed by atoms with Crippen molar-refractivity contribution in [2.75, 3.05) is 0 Å². The third-order valence-corrected chi connectivity index (χ3v) is 3.06. The van der Waals surface area contributed by atoms with Crippen LogP contribution < -0.4 is 4.74 Å². The van der Waals surface area contributed by atoms with Crippen molar-refractivity contribution in [3.8, 4) is 17.6 Å². The number of hydrogen-bond donors (Lipinski definition) is 1. The Kier molecular flexibility index (Phi) is 3.30. The Hall–Kier alpha value is -2.84. The van der Waals surface area contributed by atoms with Crippen LogP contribution in [0.5, 0.6) is 11.5 Å². The molecule has 1 heterocycles. The predicted octanol–water partition coefficient (Wildman–Crippen LogP) is 3.73. The average Bonchev–Trinajstić information content (AvgIpc) is 2.87. The van der Waals surface area contributed by atoms with E-state index in [0.717, 1.165) is 0 Å². The molecule has 0 fully saturated rings. The van der Waals surface area contributed by atoms with Gasteiger partial charge in [0.15, 0.2) is 5.75 Å². The number of furan rings is 1. The predicted molar refractivity (Wildman–Crippen MR) is 73.3 cm³/mol. The summed E-state index contributed by atoms with van der Waals surface area (Å²) in [5.74, 6) is 0.102. The lowest BCUT2D eigenvalue weighted by Crippen LogP contribution is -1.93. The van der Waals surface area contributed by atoms with Crippen LogP contribution in [-0.2, 0) is 6.61 Å². The molecule has 104 valence electrons. The molecule has 0 aliphatic carbocycles. The molecular weight excluding hydrogens is 273 g/mol. The Balaban J connectivity index is 2.12. The summed E-state index contributed by atoms with van der Waals surface area (Å²) in [7, 11) is 0. The second kappa shape index (κ2) is 5.27. The van der Waals surface area contributed by atoms with Crippen LogP contribution in [0.25, 0.3) is 11.0 Å². The summed E-state index contributed by atoms with van der Waals surface area (Å²) in [6.45, 7) is -0.370. The zero-order valence-electron chi connectivity index (χ0n) is 10.8. The number of ether oxygens (including phenoxy) is 1. The van der Waals surface area contributed by atoms with E-state index < -0.39 is 5.82 Å². The van der Waals surface area contributed by atoms with Crippen molar-refractivity contribution < 1.29 is 18.7 Å². The fourth-order valence-electron chi connectivity index (χ4n) is 2.08. The molecular formula is C16H10FNO3. The minimum atomic E-state index is -0.469. The first kappa shape index (κ1) is 13.2. The average molecular weight is 283 g/mol. The second-order valence-corrected chi connectivity index (χ2v) is 4.38. The van der Waals surface area contributed by atoms with Crippen LogP contribution in [0.1, 0.15) is 11.3 Å². The van der Waals surface area contributed by atoms with E-state index in [0.29, 0.717) is 16.5 Å². The van der Waals surface area contributed by atoms with Crippen molar-refractivity contribution in [1.82, 2.24) is 0 Å². The van der Waals surface area contributed by atoms with Gasteiger partial charge in [0.05, 0.1) is 12.0 Å². The Morgan fingerprint density at radius 2 is 2.05 bits per heavy atom. The SMILES string of the molecule is N#Cc1oc2ccccc2c1Oc1ccc(F)cc1CO. The molecule has 0 unspecified atom stereocenters. The Morgan fingerprint density at radius 1 is 1.24 bits per heavy atom. The molecule has 0 bridgehead atoms. The van der Waals surface area contributed by atoms with Gasteiger partial charge in [0.2, 0.25) is 5.76 Å². The van der Waals surface area contributed by atoms with E-state index in [1.54, 1.807) is 24.3 Å². The number of para-hydroxylation sites is 1. The molecule has 3 aromatic rings. The molecule has 1 aromatic heterocycles. The van der Waals surface area contributed by atoms with Crippen molar-refractivity contribution in [3.05, 3.63) is 59.6 Å². The van der Waals surface area contributed by atoms with Gasteiger partial charge >= 0.3 is 0 Å². The minimum Gasteiger partial charge on any atom is -0.451 e. The normalized spacial score (nSPS) is 10.5. The fraction of sp³-hybridized carbons (Fsp3) is 0.0625. The van der Waals surface area contributed by atoms with Crippen LogP contribution in [0.3, 0.4) is 0 Å². The van der Waals surface area contributed by atoms with Crippen LogP contribution >= 0.6 is 0 Å². The van der Waals surface area contributed by atoms with Crippen molar-refractivity contribution in [1.29, 1.82) is 5.26 Å². The summed E-state index contributed by atoms with van der Waals surface area (Å²) < 4.78 is 24.3. The number of rotatable bonds is 3. The first-order valence-electron chi connectivity index (χ1n) is 6.21. The van der Waals surface area contributed by atoms with Gasteiger partial charge in [-0.05, 0) is 30.3 Å². The van der Waals surface area contributed by atoms with Crippen molar-refractivity contribution >= 4 is 11.0 Å². The third-order valence-electron chi connectivity index (χ3n) is 3.06. The van der Waals surface area contributed by atoms with Crippen molar-refractivity contribution in [2.45, 2.75) is 6.61 Å². The summed E-state index contributed by atoms with van der Waals surface area (Å²) in [5.41, 5.74) is 0.820. The molecule has 2 aromatic carbocycles. The monoisotopic (exact) mass is 283 g/mol. The topological polar surface area (TPSA) is 66.4 Å². The number of nitrogens with zero attached hydrogens (tertiary/aromatic N) is 1. The first-order chi connectivity index (χ1) is 10.2. The van der Waals surface area contributed by atoms with E-state index in [2.05, 4.69) is 0 Å². The van der Waals surface area contributed by atoms with E-state index in [9.17, 15) is 9.50 Å². The van der Waals surface area contributed by atoms with Gasteiger partial charge in [-0.1, -0.05) is 12.1 Å². The van der Waals surface area contributed by atoms with Crippen LogP contribution in [0.2, 0.25) is 0 Å². The van der Waals surface area contributed by atoms with Gasteiger partial charge < -0.3 is 14.3 Å². The highest BCUT2D eigenvalue weighted by Gasteiger charge is 2.17. The van der Waals surface area contributed by atoms with Crippen LogP contribution in [0.15, 0.2) is 46.9 Å². The minimum absolute atomic E-state index is 0.0319. The largest absolute Gasteiger partial charge is 0.451 e. The van der Waals surface area contributed by atoms with Gasteiger partial charge in [-0.2, -0.15) is 5.26 Å². The first-order valence-corrected chi connectivity index (χ1v) is 6.21. The summed E-state index contributed by atoms with van der Waals surface area (Å²) in [6, 6.07) is 12.8. The molecule has 0 atom stereocenters. The van der Waals surface area contributed by atoms with Crippen molar-refractivity contribution in [2.24, 2.45) is 0 Å². The maximum absolute atomic E-state index is 13.2. The lowest BCUT2D eigenvalue weighted by Gasteiger charge is -2.08. The Labute approximate surface area is 119 Å². The maximum atomic E-state index is 13.2. The van der Waals surface area contributed by atoms with Crippen LogP contribution in [0.4, 0.5) is 4.39 Å². The van der Waals surface area contributed by atoms with E-state index in [1.165, 1.54) is 18.2 Å². The van der Waals surface area contributed by atoms with Gasteiger partial charge in [-0.3, -0.25) is 0 Å². The number of nitriles is 1. The highest BCUT2D eigenvalue weighted by molar-refractivity contribution is 5.86. The summed E-state index contributed by atoms with van der Waals surface area (Å²) in [4.78, 5) is 0. The molecule has 0 saturated carbocycles. The van der Waals surface area contributed by atoms with Gasteiger partial charge in [0.25, 0.3) is 0 Å². The number of hydrogen-bond acceptors (Lipinski definition) is 4. The number of aliphatic hydroxyl groups is 1. The second-order valence-electron chi connectivity index (χ2n) is 4.38. The molecule has 3 rings (SSSR count). The number of aliphatic hydroxyl groups excluding tert-OH is 1. The molecule has 5 heteroatoms. The summed E-state index contributed by atoms with van der Waals surface area (Å²) in [6.07, 6.45) is 0. The highest BCUT2D eigenvalue weighted by Crippen LogP contribution is 2.37. The van der Waals surface area contributed by atoms with E-state index in [4.69, 9.17) is 14.4 Å². The van der Waals surface area contributed by atoms with E-state index in [1.807, 2.05) is 6.07 Å². The molecule has 0 aliphatic heterocycles. The standard InChI is InChI=1S/C16H10FNO3/c17-11-5-6-13(10(7-11)9-19)21-16-12-3-1-2-4-14(12)20-15(16)8-18/h1-7,19H,9H2. The molecule has 21 heavy (non-hydrogen) atoms. The van der Waals surface area contributed by atoms with Gasteiger partial charge in [-0.15, -0.1) is 0 Å². The quantitative estimate of drug-likeness (QED) is 0.795. The zero-order chi connectivity index (χ0) is 14.8. The maximum Gasteiger partial charge on any atom is 0.247 e. The molecule has 0 amide bonds. The molecule has 0 aliphatic rings. The fourth-order valence-corrected chi connectivity index (χ4v) is 2.08. The molecule has 0 radical (unpaired) electrons. The summed E-state index contributed by atoms with van der Waals surface area (Å²) >= 11 is 0. The molecule has 1 N–H and O–H groups in total. The lowest BCUT2D eigenvalue weighted by atomic mass is 10.2. The smallest absolute Gasteiger partial charge is 0.247 e. The van der Waals surface area contributed by atoms with Gasteiger partial charge in [0.1, 0.15) is 23.2 Å². The van der Waals surface area contributed by atoms with Crippen LogP contribution in [0, 0.1) is 17.1 Å².